The van der Waals surface area contributed by atoms with Gasteiger partial charge in [0.25, 0.3) is 0 Å². The quantitative estimate of drug-likeness (QED) is 0.471. The van der Waals surface area contributed by atoms with E-state index in [0.29, 0.717) is 16.3 Å². The molecule has 3 rings (SSSR count). The molecule has 6 heteroatoms. The maximum absolute atomic E-state index is 11.0. The average Bonchev–Trinajstić information content (AvgIpc) is 3.21. The van der Waals surface area contributed by atoms with Crippen molar-refractivity contribution in [2.45, 2.75) is 44.1 Å². The van der Waals surface area contributed by atoms with Crippen LogP contribution in [0.1, 0.15) is 51.9 Å². The first kappa shape index (κ1) is 22.1. The number of aliphatic hydroxyl groups excluding tert-OH is 1. The number of aliphatic hydroxyl groups is 1. The molecule has 1 heterocycles. The Balaban J connectivity index is 1.73. The molecule has 1 aromatic carbocycles. The van der Waals surface area contributed by atoms with E-state index in [0.717, 1.165) is 40.8 Å². The number of alkyl halides is 1. The number of halogens is 2. The van der Waals surface area contributed by atoms with Crippen LogP contribution in [0.15, 0.2) is 42.0 Å². The van der Waals surface area contributed by atoms with Gasteiger partial charge in [0.2, 0.25) is 0 Å². The fourth-order valence-electron chi connectivity index (χ4n) is 3.84. The Morgan fingerprint density at radius 1 is 1.28 bits per heavy atom. The number of carboxylic acids is 1. The molecule has 1 aliphatic rings. The summed E-state index contributed by atoms with van der Waals surface area (Å²) in [6.45, 7) is 1.96. The van der Waals surface area contributed by atoms with E-state index in [1.165, 1.54) is 11.3 Å². The molecule has 0 radical (unpaired) electrons. The van der Waals surface area contributed by atoms with Crippen LogP contribution in [0.4, 0.5) is 0 Å². The minimum atomic E-state index is -0.884. The first-order valence-electron chi connectivity index (χ1n) is 9.66. The van der Waals surface area contributed by atoms with Gasteiger partial charge in [0.05, 0.1) is 6.10 Å². The second kappa shape index (κ2) is 9.94. The van der Waals surface area contributed by atoms with Gasteiger partial charge >= 0.3 is 5.97 Å². The Labute approximate surface area is 185 Å². The monoisotopic (exact) mass is 450 g/mol. The van der Waals surface area contributed by atoms with Crippen LogP contribution in [-0.2, 0) is 6.42 Å². The van der Waals surface area contributed by atoms with E-state index in [-0.39, 0.29) is 11.3 Å². The number of aryl methyl sites for hydroxylation is 1. The smallest absolute Gasteiger partial charge is 0.345 e. The first-order valence-corrected chi connectivity index (χ1v) is 11.3. The molecule has 1 aromatic heterocycles. The van der Waals surface area contributed by atoms with Crippen LogP contribution in [0.25, 0.3) is 12.2 Å². The molecule has 0 amide bonds. The molecule has 1 aliphatic carbocycles. The molecule has 2 aromatic rings. The Kier molecular flexibility index (Phi) is 7.58. The van der Waals surface area contributed by atoms with Crippen molar-refractivity contribution in [2.75, 3.05) is 0 Å². The maximum atomic E-state index is 11.0. The van der Waals surface area contributed by atoms with E-state index in [2.05, 4.69) is 0 Å². The van der Waals surface area contributed by atoms with Crippen LogP contribution in [0.3, 0.4) is 0 Å². The second-order valence-electron chi connectivity index (χ2n) is 7.30. The molecular formula is C23H24Cl2O3S. The van der Waals surface area contributed by atoms with Gasteiger partial charge in [-0.05, 0) is 85.6 Å². The number of hydrogen-bond acceptors (Lipinski definition) is 3. The van der Waals surface area contributed by atoms with Crippen LogP contribution in [0.2, 0.25) is 5.02 Å². The molecule has 0 saturated heterocycles. The zero-order valence-corrected chi connectivity index (χ0v) is 18.5. The number of benzene rings is 1. The highest BCUT2D eigenvalue weighted by atomic mass is 35.5. The topological polar surface area (TPSA) is 57.5 Å². The molecule has 1 saturated carbocycles. The Morgan fingerprint density at radius 2 is 2.03 bits per heavy atom. The third kappa shape index (κ3) is 5.73. The van der Waals surface area contributed by atoms with Gasteiger partial charge in [-0.1, -0.05) is 29.8 Å². The third-order valence-corrected chi connectivity index (χ3v) is 6.98. The zero-order valence-electron chi connectivity index (χ0n) is 16.1. The Morgan fingerprint density at radius 3 is 2.72 bits per heavy atom. The van der Waals surface area contributed by atoms with E-state index in [4.69, 9.17) is 28.3 Å². The van der Waals surface area contributed by atoms with Gasteiger partial charge in [-0.3, -0.25) is 0 Å². The summed E-state index contributed by atoms with van der Waals surface area (Å²) in [5.74, 6) is -0.792. The van der Waals surface area contributed by atoms with Gasteiger partial charge in [-0.15, -0.1) is 22.9 Å². The van der Waals surface area contributed by atoms with Crippen LogP contribution in [0.5, 0.6) is 0 Å². The Bertz CT molecular complexity index is 932. The highest BCUT2D eigenvalue weighted by molar-refractivity contribution is 7.13. The summed E-state index contributed by atoms with van der Waals surface area (Å²) in [6, 6.07) is 9.37. The van der Waals surface area contributed by atoms with Crippen molar-refractivity contribution in [1.82, 2.24) is 0 Å². The molecule has 0 aliphatic heterocycles. The minimum Gasteiger partial charge on any atom is -0.477 e. The number of hydrogen-bond donors (Lipinski definition) is 2. The van der Waals surface area contributed by atoms with Crippen molar-refractivity contribution < 1.29 is 15.0 Å². The van der Waals surface area contributed by atoms with E-state index in [1.54, 1.807) is 6.07 Å². The van der Waals surface area contributed by atoms with E-state index in [9.17, 15) is 9.90 Å². The van der Waals surface area contributed by atoms with Gasteiger partial charge in [0, 0.05) is 15.3 Å². The number of thiophene rings is 1. The molecule has 154 valence electrons. The SMILES string of the molecule is C/C=C/c1cc(Cl)cc(/C=C2/C(O)C[C@@H](Cl)C2CCCc2ccc(C(=O)O)s2)c1. The fourth-order valence-corrected chi connectivity index (χ4v) is 5.42. The summed E-state index contributed by atoms with van der Waals surface area (Å²) in [6.07, 6.45) is 8.51. The number of aromatic carboxylic acids is 1. The van der Waals surface area contributed by atoms with E-state index >= 15 is 0 Å². The molecule has 0 spiro atoms. The normalized spacial score (nSPS) is 23.3. The van der Waals surface area contributed by atoms with Crippen molar-refractivity contribution in [2.24, 2.45) is 5.92 Å². The van der Waals surface area contributed by atoms with Gasteiger partial charge in [0.15, 0.2) is 0 Å². The van der Waals surface area contributed by atoms with Crippen LogP contribution >= 0.6 is 34.5 Å². The molecule has 3 nitrogen and oxygen atoms in total. The molecule has 0 bridgehead atoms. The highest BCUT2D eigenvalue weighted by Gasteiger charge is 2.36. The van der Waals surface area contributed by atoms with Crippen LogP contribution in [-0.4, -0.2) is 27.7 Å². The number of rotatable bonds is 7. The Hall–Kier alpha value is -1.59. The fraction of sp³-hybridized carbons (Fsp3) is 0.348. The minimum absolute atomic E-state index is 0.0923. The predicted molar refractivity (Wildman–Crippen MR) is 122 cm³/mol. The van der Waals surface area contributed by atoms with Crippen molar-refractivity contribution in [3.05, 3.63) is 67.9 Å². The predicted octanol–water partition coefficient (Wildman–Crippen LogP) is 6.53. The summed E-state index contributed by atoms with van der Waals surface area (Å²) >= 11 is 14.1. The van der Waals surface area contributed by atoms with E-state index in [1.807, 2.05) is 49.4 Å². The lowest BCUT2D eigenvalue weighted by atomic mass is 9.93. The molecule has 3 atom stereocenters. The third-order valence-electron chi connectivity index (χ3n) is 5.14. The summed E-state index contributed by atoms with van der Waals surface area (Å²) in [5, 5.41) is 20.2. The number of carbonyl (C=O) groups is 1. The summed E-state index contributed by atoms with van der Waals surface area (Å²) in [4.78, 5) is 12.5. The second-order valence-corrected chi connectivity index (χ2v) is 9.46. The average molecular weight is 451 g/mol. The maximum Gasteiger partial charge on any atom is 0.345 e. The molecular weight excluding hydrogens is 427 g/mol. The number of allylic oxidation sites excluding steroid dienone is 1. The van der Waals surface area contributed by atoms with Gasteiger partial charge in [-0.2, -0.15) is 0 Å². The van der Waals surface area contributed by atoms with Gasteiger partial charge in [0.1, 0.15) is 4.88 Å². The molecule has 29 heavy (non-hydrogen) atoms. The highest BCUT2D eigenvalue weighted by Crippen LogP contribution is 2.40. The molecule has 2 unspecified atom stereocenters. The van der Waals surface area contributed by atoms with Crippen molar-refractivity contribution in [1.29, 1.82) is 0 Å². The van der Waals surface area contributed by atoms with Crippen molar-refractivity contribution >= 4 is 52.7 Å². The van der Waals surface area contributed by atoms with Crippen LogP contribution in [0, 0.1) is 5.92 Å². The van der Waals surface area contributed by atoms with Crippen molar-refractivity contribution in [3.8, 4) is 0 Å². The van der Waals surface area contributed by atoms with E-state index < -0.39 is 12.1 Å². The molecule has 2 N–H and O–H groups in total. The van der Waals surface area contributed by atoms with Gasteiger partial charge in [-0.25, -0.2) is 4.79 Å². The largest absolute Gasteiger partial charge is 0.477 e. The first-order chi connectivity index (χ1) is 13.9. The lowest BCUT2D eigenvalue weighted by molar-refractivity contribution is 0.0702. The summed E-state index contributed by atoms with van der Waals surface area (Å²) < 4.78 is 0. The zero-order chi connectivity index (χ0) is 21.0. The van der Waals surface area contributed by atoms with Gasteiger partial charge < -0.3 is 10.2 Å². The lowest BCUT2D eigenvalue weighted by Crippen LogP contribution is -2.10. The number of carboxylic acid groups (broad SMARTS) is 1. The van der Waals surface area contributed by atoms with Crippen molar-refractivity contribution in [3.63, 3.8) is 0 Å². The summed E-state index contributed by atoms with van der Waals surface area (Å²) in [5.41, 5.74) is 2.93. The van der Waals surface area contributed by atoms with Crippen LogP contribution < -0.4 is 0 Å². The standard InChI is InChI=1S/C23H24Cl2O3S/c1-2-4-14-9-15(11-16(24)10-14)12-19-18(20(25)13-21(19)26)6-3-5-17-7-8-22(29-17)23(27)28/h2,4,7-12,18,20-21,26H,3,5-6,13H2,1H3,(H,27,28)/b4-2+,19-12+/t18?,20-,21?/m1/s1. The molecule has 1 fully saturated rings. The summed E-state index contributed by atoms with van der Waals surface area (Å²) in [7, 11) is 0. The lowest BCUT2D eigenvalue weighted by Gasteiger charge is -2.16.